The summed E-state index contributed by atoms with van der Waals surface area (Å²) in [7, 11) is 0. The molecule has 2 aromatic carbocycles. The highest BCUT2D eigenvalue weighted by Gasteiger charge is 2.09. The fourth-order valence-electron chi connectivity index (χ4n) is 2.58. The summed E-state index contributed by atoms with van der Waals surface area (Å²) in [6.45, 7) is -0.0298. The minimum absolute atomic E-state index is 0.0298. The van der Waals surface area contributed by atoms with Gasteiger partial charge in [-0.25, -0.2) is 0 Å². The molecule has 1 N–H and O–H groups in total. The molecule has 1 amide bonds. The van der Waals surface area contributed by atoms with E-state index < -0.39 is 0 Å². The number of benzene rings is 2. The zero-order chi connectivity index (χ0) is 17.6. The number of amides is 1. The van der Waals surface area contributed by atoms with Gasteiger partial charge in [0.15, 0.2) is 0 Å². The number of carbonyl (C=O) groups is 1. The van der Waals surface area contributed by atoms with Gasteiger partial charge in [0.2, 0.25) is 5.91 Å². The number of rotatable bonds is 5. The normalized spacial score (nSPS) is 10.4. The Morgan fingerprint density at radius 3 is 2.48 bits per heavy atom. The van der Waals surface area contributed by atoms with Gasteiger partial charge < -0.3 is 9.88 Å². The number of pyridine rings is 1. The van der Waals surface area contributed by atoms with Crippen LogP contribution in [0.1, 0.15) is 11.1 Å². The lowest BCUT2D eigenvalue weighted by atomic mass is 10.0. The average Bonchev–Trinajstić information content (AvgIpc) is 2.61. The summed E-state index contributed by atoms with van der Waals surface area (Å²) in [4.78, 5) is 24.2. The third-order valence-corrected chi connectivity index (χ3v) is 4.26. The van der Waals surface area contributed by atoms with E-state index in [2.05, 4.69) is 33.4 Å². The molecule has 0 aliphatic carbocycles. The molecule has 0 atom stereocenters. The number of nitrogens with one attached hydrogen (secondary N) is 1. The lowest BCUT2D eigenvalue weighted by Gasteiger charge is -2.12. The van der Waals surface area contributed by atoms with Crippen LogP contribution < -0.4 is 10.9 Å². The number of hydrogen-bond acceptors (Lipinski definition) is 2. The summed E-state index contributed by atoms with van der Waals surface area (Å²) < 4.78 is 2.13. The van der Waals surface area contributed by atoms with Gasteiger partial charge in [0, 0.05) is 22.4 Å². The fraction of sp³-hybridized carbons (Fsp3) is 0.100. The van der Waals surface area contributed by atoms with Crippen LogP contribution in [-0.4, -0.2) is 10.5 Å². The first kappa shape index (κ1) is 17.2. The lowest BCUT2D eigenvalue weighted by Crippen LogP contribution is -2.27. The number of halogens is 1. The maximum atomic E-state index is 12.4. The summed E-state index contributed by atoms with van der Waals surface area (Å²) in [5.41, 5.74) is 2.76. The van der Waals surface area contributed by atoms with Crippen molar-refractivity contribution >= 4 is 27.5 Å². The van der Waals surface area contributed by atoms with Gasteiger partial charge in [-0.2, -0.15) is 0 Å². The number of anilines is 1. The number of para-hydroxylation sites is 1. The van der Waals surface area contributed by atoms with Gasteiger partial charge in [-0.05, 0) is 45.6 Å². The van der Waals surface area contributed by atoms with E-state index >= 15 is 0 Å². The molecule has 0 fully saturated rings. The maximum absolute atomic E-state index is 12.4. The third kappa shape index (κ3) is 4.67. The molecule has 0 aliphatic heterocycles. The van der Waals surface area contributed by atoms with E-state index in [1.165, 1.54) is 16.2 Å². The zero-order valence-corrected chi connectivity index (χ0v) is 15.1. The molecular formula is C20H17BrN2O2. The standard InChI is InChI=1S/C20H17BrN2O2/c21-17-10-11-20(25)23(13-17)14-19(24)22-18-9-5-4-8-16(18)12-15-6-2-1-3-7-15/h1-11,13H,12,14H2,(H,22,24). The Hall–Kier alpha value is -2.66. The van der Waals surface area contributed by atoms with Crippen LogP contribution in [0.2, 0.25) is 0 Å². The van der Waals surface area contributed by atoms with E-state index in [1.54, 1.807) is 12.3 Å². The van der Waals surface area contributed by atoms with E-state index in [0.717, 1.165) is 22.1 Å². The molecule has 3 rings (SSSR count). The molecule has 3 aromatic rings. The molecule has 0 bridgehead atoms. The summed E-state index contributed by atoms with van der Waals surface area (Å²) >= 11 is 3.31. The number of aromatic nitrogens is 1. The maximum Gasteiger partial charge on any atom is 0.251 e. The topological polar surface area (TPSA) is 51.1 Å². The van der Waals surface area contributed by atoms with Crippen LogP contribution in [0.15, 0.2) is 82.2 Å². The lowest BCUT2D eigenvalue weighted by molar-refractivity contribution is -0.116. The molecule has 0 aliphatic rings. The van der Waals surface area contributed by atoms with Crippen LogP contribution in [0.4, 0.5) is 5.69 Å². The molecule has 1 aromatic heterocycles. The first-order valence-corrected chi connectivity index (χ1v) is 8.69. The summed E-state index contributed by atoms with van der Waals surface area (Å²) in [5, 5.41) is 2.91. The van der Waals surface area contributed by atoms with Gasteiger partial charge in [0.05, 0.1) is 0 Å². The first-order chi connectivity index (χ1) is 12.1. The van der Waals surface area contributed by atoms with Crippen molar-refractivity contribution < 1.29 is 4.79 Å². The molecule has 5 heteroatoms. The second kappa shape index (κ2) is 7.94. The van der Waals surface area contributed by atoms with Crippen molar-refractivity contribution in [1.29, 1.82) is 0 Å². The molecule has 0 saturated carbocycles. The third-order valence-electron chi connectivity index (χ3n) is 3.79. The van der Waals surface area contributed by atoms with E-state index in [-0.39, 0.29) is 18.0 Å². The van der Waals surface area contributed by atoms with Crippen molar-refractivity contribution in [2.75, 3.05) is 5.32 Å². The highest BCUT2D eigenvalue weighted by Crippen LogP contribution is 2.19. The van der Waals surface area contributed by atoms with Crippen LogP contribution in [0.3, 0.4) is 0 Å². The molecule has 126 valence electrons. The zero-order valence-electron chi connectivity index (χ0n) is 13.5. The summed E-state index contributed by atoms with van der Waals surface area (Å²) in [6.07, 6.45) is 2.34. The molecule has 4 nitrogen and oxygen atoms in total. The monoisotopic (exact) mass is 396 g/mol. The van der Waals surface area contributed by atoms with Gasteiger partial charge in [-0.3, -0.25) is 9.59 Å². The van der Waals surface area contributed by atoms with E-state index in [9.17, 15) is 9.59 Å². The number of nitrogens with zero attached hydrogens (tertiary/aromatic N) is 1. The quantitative estimate of drug-likeness (QED) is 0.711. The first-order valence-electron chi connectivity index (χ1n) is 7.89. The Kier molecular flexibility index (Phi) is 5.46. The smallest absolute Gasteiger partial charge is 0.251 e. The van der Waals surface area contributed by atoms with Crippen molar-refractivity contribution in [3.05, 3.63) is 98.9 Å². The fourth-order valence-corrected chi connectivity index (χ4v) is 2.96. The molecule has 0 spiro atoms. The van der Waals surface area contributed by atoms with E-state index in [1.807, 2.05) is 42.5 Å². The van der Waals surface area contributed by atoms with Crippen LogP contribution in [0.25, 0.3) is 0 Å². The molecular weight excluding hydrogens is 380 g/mol. The number of hydrogen-bond donors (Lipinski definition) is 1. The average molecular weight is 397 g/mol. The summed E-state index contributed by atoms with van der Waals surface area (Å²) in [6, 6.07) is 20.9. The van der Waals surface area contributed by atoms with Crippen molar-refractivity contribution in [3.63, 3.8) is 0 Å². The number of carbonyl (C=O) groups excluding carboxylic acids is 1. The van der Waals surface area contributed by atoms with Crippen molar-refractivity contribution in [2.24, 2.45) is 0 Å². The Bertz CT molecular complexity index is 936. The highest BCUT2D eigenvalue weighted by molar-refractivity contribution is 9.10. The van der Waals surface area contributed by atoms with Crippen LogP contribution in [0, 0.1) is 0 Å². The molecule has 0 unspecified atom stereocenters. The second-order valence-corrected chi connectivity index (χ2v) is 6.60. The van der Waals surface area contributed by atoms with E-state index in [0.29, 0.717) is 0 Å². The van der Waals surface area contributed by atoms with Gasteiger partial charge in [-0.15, -0.1) is 0 Å². The van der Waals surface area contributed by atoms with E-state index in [4.69, 9.17) is 0 Å². The Morgan fingerprint density at radius 1 is 0.960 bits per heavy atom. The molecule has 25 heavy (non-hydrogen) atoms. The predicted octanol–water partition coefficient (Wildman–Crippen LogP) is 3.84. The Balaban J connectivity index is 1.75. The van der Waals surface area contributed by atoms with Gasteiger partial charge in [0.25, 0.3) is 5.56 Å². The van der Waals surface area contributed by atoms with Crippen molar-refractivity contribution in [2.45, 2.75) is 13.0 Å². The SMILES string of the molecule is O=C(Cn1cc(Br)ccc1=O)Nc1ccccc1Cc1ccccc1. The van der Waals surface area contributed by atoms with Crippen molar-refractivity contribution in [1.82, 2.24) is 4.57 Å². The summed E-state index contributed by atoms with van der Waals surface area (Å²) in [5.74, 6) is -0.235. The Morgan fingerprint density at radius 2 is 1.68 bits per heavy atom. The van der Waals surface area contributed by atoms with Crippen molar-refractivity contribution in [3.8, 4) is 0 Å². The molecule has 1 heterocycles. The van der Waals surface area contributed by atoms with Crippen LogP contribution in [0.5, 0.6) is 0 Å². The molecule has 0 saturated heterocycles. The van der Waals surface area contributed by atoms with Crippen LogP contribution >= 0.6 is 15.9 Å². The van der Waals surface area contributed by atoms with Gasteiger partial charge in [0.1, 0.15) is 6.54 Å². The largest absolute Gasteiger partial charge is 0.324 e. The minimum atomic E-state index is -0.235. The minimum Gasteiger partial charge on any atom is -0.324 e. The second-order valence-electron chi connectivity index (χ2n) is 5.68. The molecule has 0 radical (unpaired) electrons. The van der Waals surface area contributed by atoms with Crippen LogP contribution in [-0.2, 0) is 17.8 Å². The van der Waals surface area contributed by atoms with Gasteiger partial charge in [-0.1, -0.05) is 48.5 Å². The Labute approximate surface area is 154 Å². The highest BCUT2D eigenvalue weighted by atomic mass is 79.9. The predicted molar refractivity (Wildman–Crippen MR) is 103 cm³/mol. The van der Waals surface area contributed by atoms with Gasteiger partial charge >= 0.3 is 0 Å².